The minimum atomic E-state index is -0.0366. The molecule has 2 heterocycles. The lowest BCUT2D eigenvalue weighted by molar-refractivity contribution is -0.688. The minimum absolute atomic E-state index is 0. The van der Waals surface area contributed by atoms with Crippen LogP contribution in [0.5, 0.6) is 23.0 Å². The van der Waals surface area contributed by atoms with E-state index in [1.165, 1.54) is 27.8 Å². The van der Waals surface area contributed by atoms with Crippen LogP contribution in [0.4, 0.5) is 0 Å². The summed E-state index contributed by atoms with van der Waals surface area (Å²) in [6.07, 6.45) is 13.9. The van der Waals surface area contributed by atoms with Crippen molar-refractivity contribution in [2.24, 2.45) is 17.8 Å². The molecule has 0 N–H and O–H groups in total. The standard InChI is InChI=1S/C25H27NO3.C25H26NO3.BrH/c2*1-17-15-26(16-18-7-5-4-6-8-18)10-9-19(17)11-21-12-20-13-23(28-2)24(29-3)14-22(20)25(21)27;/h4-10,13-15,19,21H,11-12,16H2,1-3H3;4-10,13-15,21H,11-12,16H2,1-3H3;1H/q;+1;/p-1. The molecule has 5 aromatic rings. The Labute approximate surface area is 358 Å². The first-order chi connectivity index (χ1) is 28.2. The Morgan fingerprint density at radius 3 is 1.75 bits per heavy atom. The van der Waals surface area contributed by atoms with Crippen LogP contribution in [0.1, 0.15) is 67.4 Å². The number of allylic oxidation sites excluding steroid dienone is 2. The van der Waals surface area contributed by atoms with E-state index < -0.39 is 0 Å². The number of Topliss-reactive ketones (excluding diaryl/α,β-unsaturated/α-hetero) is 2. The number of rotatable bonds is 12. The highest BCUT2D eigenvalue weighted by Crippen LogP contribution is 2.40. The number of nitrogens with zero attached hydrogens (tertiary/aromatic N) is 2. The fourth-order valence-corrected chi connectivity index (χ4v) is 8.46. The maximum atomic E-state index is 13.0. The second-order valence-electron chi connectivity index (χ2n) is 15.5. The average molecular weight is 858 g/mol. The summed E-state index contributed by atoms with van der Waals surface area (Å²) in [7, 11) is 6.44. The van der Waals surface area contributed by atoms with Crippen molar-refractivity contribution in [1.29, 1.82) is 0 Å². The van der Waals surface area contributed by atoms with Gasteiger partial charge in [-0.15, -0.1) is 0 Å². The number of pyridine rings is 1. The van der Waals surface area contributed by atoms with Gasteiger partial charge in [-0.25, -0.2) is 4.57 Å². The number of hydrogen-bond acceptors (Lipinski definition) is 7. The fraction of sp³-hybridized carbons (Fsp3) is 0.300. The summed E-state index contributed by atoms with van der Waals surface area (Å²) in [4.78, 5) is 28.2. The third-order valence-corrected chi connectivity index (χ3v) is 11.6. The van der Waals surface area contributed by atoms with Crippen LogP contribution in [0.25, 0.3) is 0 Å². The molecule has 3 atom stereocenters. The zero-order chi connectivity index (χ0) is 40.8. The molecule has 2 aliphatic carbocycles. The van der Waals surface area contributed by atoms with Crippen molar-refractivity contribution < 1.29 is 50.1 Å². The molecular formula is C50H53BrN2O6. The fourth-order valence-electron chi connectivity index (χ4n) is 8.46. The Morgan fingerprint density at radius 1 is 0.678 bits per heavy atom. The molecule has 8 rings (SSSR count). The van der Waals surface area contributed by atoms with E-state index in [4.69, 9.17) is 18.9 Å². The van der Waals surface area contributed by atoms with E-state index >= 15 is 0 Å². The maximum Gasteiger partial charge on any atom is 0.173 e. The number of ketones is 2. The molecule has 8 nitrogen and oxygen atoms in total. The number of benzene rings is 4. The predicted molar refractivity (Wildman–Crippen MR) is 226 cm³/mol. The van der Waals surface area contributed by atoms with Crippen LogP contribution >= 0.6 is 0 Å². The van der Waals surface area contributed by atoms with Gasteiger partial charge in [-0.2, -0.15) is 0 Å². The number of hydrogen-bond donors (Lipinski definition) is 0. The average Bonchev–Trinajstić information content (AvgIpc) is 3.72. The van der Waals surface area contributed by atoms with Gasteiger partial charge in [-0.05, 0) is 86.1 Å². The van der Waals surface area contributed by atoms with E-state index in [-0.39, 0.29) is 46.3 Å². The Morgan fingerprint density at radius 2 is 1.20 bits per heavy atom. The summed E-state index contributed by atoms with van der Waals surface area (Å²) in [5.41, 5.74) is 9.93. The lowest BCUT2D eigenvalue weighted by Crippen LogP contribution is -3.00. The first kappa shape index (κ1) is 42.9. The lowest BCUT2D eigenvalue weighted by atomic mass is 9.86. The summed E-state index contributed by atoms with van der Waals surface area (Å²) in [6, 6.07) is 30.6. The van der Waals surface area contributed by atoms with E-state index in [0.29, 0.717) is 23.0 Å². The van der Waals surface area contributed by atoms with E-state index in [1.54, 1.807) is 28.4 Å². The number of halogens is 1. The van der Waals surface area contributed by atoms with Crippen LogP contribution in [0.3, 0.4) is 0 Å². The zero-order valence-corrected chi connectivity index (χ0v) is 36.3. The molecule has 3 aliphatic rings. The molecule has 0 bridgehead atoms. The van der Waals surface area contributed by atoms with Crippen molar-refractivity contribution >= 4 is 11.6 Å². The molecule has 59 heavy (non-hydrogen) atoms. The smallest absolute Gasteiger partial charge is 0.173 e. The summed E-state index contributed by atoms with van der Waals surface area (Å²) >= 11 is 0. The van der Waals surface area contributed by atoms with Gasteiger partial charge in [0.25, 0.3) is 0 Å². The molecule has 0 saturated carbocycles. The molecule has 306 valence electrons. The van der Waals surface area contributed by atoms with Gasteiger partial charge in [0, 0.05) is 65.0 Å². The molecule has 0 spiro atoms. The molecular weight excluding hydrogens is 804 g/mol. The van der Waals surface area contributed by atoms with Gasteiger partial charge in [0.2, 0.25) is 0 Å². The molecule has 0 amide bonds. The number of ether oxygens (including phenoxy) is 4. The van der Waals surface area contributed by atoms with Crippen LogP contribution in [-0.4, -0.2) is 44.9 Å². The molecule has 3 unspecified atom stereocenters. The molecule has 0 fully saturated rings. The highest BCUT2D eigenvalue weighted by molar-refractivity contribution is 6.03. The lowest BCUT2D eigenvalue weighted by Gasteiger charge is -2.27. The van der Waals surface area contributed by atoms with Crippen LogP contribution < -0.4 is 40.5 Å². The second kappa shape index (κ2) is 19.4. The molecule has 0 radical (unpaired) electrons. The molecule has 0 saturated heterocycles. The van der Waals surface area contributed by atoms with E-state index in [0.717, 1.165) is 61.0 Å². The summed E-state index contributed by atoms with van der Waals surface area (Å²) in [6.45, 7) is 5.98. The van der Waals surface area contributed by atoms with Gasteiger partial charge in [-0.1, -0.05) is 72.3 Å². The monoisotopic (exact) mass is 856 g/mol. The first-order valence-electron chi connectivity index (χ1n) is 19.9. The third-order valence-electron chi connectivity index (χ3n) is 11.6. The Hall–Kier alpha value is -5.67. The number of aryl methyl sites for hydroxylation is 1. The highest BCUT2D eigenvalue weighted by atomic mass is 79.9. The van der Waals surface area contributed by atoms with E-state index in [2.05, 4.69) is 109 Å². The Bertz CT molecular complexity index is 2340. The van der Waals surface area contributed by atoms with Crippen LogP contribution in [-0.2, 0) is 32.4 Å². The summed E-state index contributed by atoms with van der Waals surface area (Å²) in [5, 5.41) is 0. The van der Waals surface area contributed by atoms with Gasteiger partial charge in [-0.3, -0.25) is 9.59 Å². The van der Waals surface area contributed by atoms with Crippen LogP contribution in [0.2, 0.25) is 0 Å². The number of fused-ring (bicyclic) bond motifs is 2. The van der Waals surface area contributed by atoms with Gasteiger partial charge in [0.1, 0.15) is 0 Å². The number of methoxy groups -OCH3 is 4. The highest BCUT2D eigenvalue weighted by Gasteiger charge is 2.35. The van der Waals surface area contributed by atoms with Crippen LogP contribution in [0.15, 0.2) is 127 Å². The summed E-state index contributed by atoms with van der Waals surface area (Å²) in [5.74, 6) is 3.25. The molecule has 1 aromatic heterocycles. The predicted octanol–water partition coefficient (Wildman–Crippen LogP) is 5.95. The largest absolute Gasteiger partial charge is 1.00 e. The third kappa shape index (κ3) is 9.80. The van der Waals surface area contributed by atoms with Crippen molar-refractivity contribution in [2.45, 2.75) is 52.6 Å². The van der Waals surface area contributed by atoms with Gasteiger partial charge in [0.15, 0.2) is 53.5 Å². The normalized spacial score (nSPS) is 17.6. The molecule has 9 heteroatoms. The van der Waals surface area contributed by atoms with Crippen molar-refractivity contribution in [1.82, 2.24) is 4.90 Å². The number of carbonyl (C=O) groups is 2. The quantitative estimate of drug-likeness (QED) is 0.144. The van der Waals surface area contributed by atoms with Crippen LogP contribution in [0, 0.1) is 24.7 Å². The Balaban J connectivity index is 0.000000195. The van der Waals surface area contributed by atoms with Crippen molar-refractivity contribution in [3.63, 3.8) is 0 Å². The zero-order valence-electron chi connectivity index (χ0n) is 34.7. The SMILES string of the molecule is COc1cc2c(cc1OC)C(=O)C(CC1C=CN(Cc3ccccc3)C=C1C)C2.COc1cc2c(cc1OC)C(=O)C(Cc1cc[n+](Cc3ccccc3)cc1C)C2.[Br-]. The van der Waals surface area contributed by atoms with Crippen molar-refractivity contribution in [3.05, 3.63) is 172 Å². The topological polar surface area (TPSA) is 78.2 Å². The van der Waals surface area contributed by atoms with Gasteiger partial charge >= 0.3 is 0 Å². The Kier molecular flexibility index (Phi) is 14.1. The van der Waals surface area contributed by atoms with Crippen molar-refractivity contribution in [2.75, 3.05) is 28.4 Å². The second-order valence-corrected chi connectivity index (χ2v) is 15.5. The van der Waals surface area contributed by atoms with Crippen molar-refractivity contribution in [3.8, 4) is 23.0 Å². The molecule has 1 aliphatic heterocycles. The first-order valence-corrected chi connectivity index (χ1v) is 19.9. The number of carbonyl (C=O) groups excluding carboxylic acids is 2. The minimum Gasteiger partial charge on any atom is -1.00 e. The van der Waals surface area contributed by atoms with E-state index in [1.807, 2.05) is 36.4 Å². The maximum absolute atomic E-state index is 13.0. The van der Waals surface area contributed by atoms with E-state index in [9.17, 15) is 9.59 Å². The summed E-state index contributed by atoms with van der Waals surface area (Å²) < 4.78 is 23.7. The molecule has 4 aromatic carbocycles. The number of aromatic nitrogens is 1. The van der Waals surface area contributed by atoms with Gasteiger partial charge < -0.3 is 40.8 Å². The van der Waals surface area contributed by atoms with Gasteiger partial charge in [0.05, 0.1) is 28.4 Å².